The topological polar surface area (TPSA) is 79.1 Å². The largest absolute Gasteiger partial charge is 0.370 e. The van der Waals surface area contributed by atoms with E-state index in [-0.39, 0.29) is 5.96 Å². The molecule has 4 heteroatoms. The molecule has 1 atom stereocenters. The van der Waals surface area contributed by atoms with Crippen molar-refractivity contribution >= 4 is 5.96 Å². The molecule has 1 rings (SSSR count). The van der Waals surface area contributed by atoms with E-state index in [0.717, 1.165) is 32.5 Å². The Labute approximate surface area is 67.0 Å². The summed E-state index contributed by atoms with van der Waals surface area (Å²) in [7, 11) is 0. The van der Waals surface area contributed by atoms with Gasteiger partial charge in [0, 0.05) is 13.1 Å². The van der Waals surface area contributed by atoms with Crippen LogP contribution in [0, 0.1) is 11.3 Å². The minimum Gasteiger partial charge on any atom is -0.370 e. The lowest BCUT2D eigenvalue weighted by atomic mass is 10.1. The van der Waals surface area contributed by atoms with Crippen LogP contribution in [0.5, 0.6) is 0 Å². The van der Waals surface area contributed by atoms with Crippen LogP contribution in [-0.4, -0.2) is 30.5 Å². The standard InChI is InChI=1S/C7H16N4/c8-3-1-6-2-4-11(5-6)7(9)10/h6H,1-5,8H2,(H3,9,10)/t6-/m0/s1. The molecule has 0 saturated carbocycles. The molecule has 1 aliphatic heterocycles. The van der Waals surface area contributed by atoms with Gasteiger partial charge < -0.3 is 16.4 Å². The lowest BCUT2D eigenvalue weighted by Gasteiger charge is -2.14. The SMILES string of the molecule is N=C(N)N1CC[C@H](CCN)C1. The van der Waals surface area contributed by atoms with Crippen molar-refractivity contribution in [2.45, 2.75) is 12.8 Å². The molecule has 0 amide bonds. The molecule has 1 heterocycles. The van der Waals surface area contributed by atoms with Crippen molar-refractivity contribution < 1.29 is 0 Å². The van der Waals surface area contributed by atoms with Crippen LogP contribution in [0.15, 0.2) is 0 Å². The van der Waals surface area contributed by atoms with Gasteiger partial charge in [-0.1, -0.05) is 0 Å². The third kappa shape index (κ3) is 2.08. The Balaban J connectivity index is 2.29. The van der Waals surface area contributed by atoms with E-state index < -0.39 is 0 Å². The van der Waals surface area contributed by atoms with Gasteiger partial charge in [0.05, 0.1) is 0 Å². The van der Waals surface area contributed by atoms with Crippen LogP contribution < -0.4 is 11.5 Å². The quantitative estimate of drug-likeness (QED) is 0.374. The van der Waals surface area contributed by atoms with Gasteiger partial charge in [0.1, 0.15) is 0 Å². The van der Waals surface area contributed by atoms with Gasteiger partial charge in [-0.25, -0.2) is 0 Å². The van der Waals surface area contributed by atoms with Crippen molar-refractivity contribution in [1.82, 2.24) is 4.90 Å². The van der Waals surface area contributed by atoms with Gasteiger partial charge in [0.25, 0.3) is 0 Å². The molecule has 1 saturated heterocycles. The summed E-state index contributed by atoms with van der Waals surface area (Å²) in [6.07, 6.45) is 2.19. The van der Waals surface area contributed by atoms with Crippen LogP contribution in [0.3, 0.4) is 0 Å². The van der Waals surface area contributed by atoms with E-state index in [4.69, 9.17) is 16.9 Å². The summed E-state index contributed by atoms with van der Waals surface area (Å²) in [6, 6.07) is 0. The van der Waals surface area contributed by atoms with Gasteiger partial charge >= 0.3 is 0 Å². The maximum Gasteiger partial charge on any atom is 0.188 e. The lowest BCUT2D eigenvalue weighted by Crippen LogP contribution is -2.34. The minimum absolute atomic E-state index is 0.199. The second-order valence-corrected chi connectivity index (χ2v) is 3.06. The van der Waals surface area contributed by atoms with Crippen LogP contribution >= 0.6 is 0 Å². The smallest absolute Gasteiger partial charge is 0.188 e. The highest BCUT2D eigenvalue weighted by atomic mass is 15.2. The molecule has 1 fully saturated rings. The van der Waals surface area contributed by atoms with Gasteiger partial charge in [-0.15, -0.1) is 0 Å². The Morgan fingerprint density at radius 1 is 1.64 bits per heavy atom. The number of hydrogen-bond acceptors (Lipinski definition) is 2. The first-order valence-corrected chi connectivity index (χ1v) is 4.03. The molecule has 0 aromatic rings. The van der Waals surface area contributed by atoms with Gasteiger partial charge in [0.2, 0.25) is 0 Å². The molecule has 64 valence electrons. The van der Waals surface area contributed by atoms with Gasteiger partial charge in [-0.2, -0.15) is 0 Å². The highest BCUT2D eigenvalue weighted by Gasteiger charge is 2.21. The van der Waals surface area contributed by atoms with E-state index in [1.54, 1.807) is 0 Å². The Kier molecular flexibility index (Phi) is 2.70. The molecule has 5 N–H and O–H groups in total. The molecular formula is C7H16N4. The van der Waals surface area contributed by atoms with Gasteiger partial charge in [0.15, 0.2) is 5.96 Å². The Morgan fingerprint density at radius 2 is 2.36 bits per heavy atom. The normalized spacial score (nSPS) is 24.1. The molecule has 4 nitrogen and oxygen atoms in total. The lowest BCUT2D eigenvalue weighted by molar-refractivity contribution is 0.459. The second kappa shape index (κ2) is 3.57. The Morgan fingerprint density at radius 3 is 2.82 bits per heavy atom. The summed E-state index contributed by atoms with van der Waals surface area (Å²) in [5.41, 5.74) is 10.8. The number of nitrogens with one attached hydrogen (secondary N) is 1. The molecule has 1 aliphatic rings. The predicted octanol–water partition coefficient (Wildman–Crippen LogP) is -0.449. The number of likely N-dealkylation sites (tertiary alicyclic amines) is 1. The van der Waals surface area contributed by atoms with Crippen molar-refractivity contribution in [3.05, 3.63) is 0 Å². The summed E-state index contributed by atoms with van der Waals surface area (Å²) in [5.74, 6) is 0.855. The van der Waals surface area contributed by atoms with E-state index in [0.29, 0.717) is 5.92 Å². The molecule has 0 radical (unpaired) electrons. The number of hydrogen-bond donors (Lipinski definition) is 3. The predicted molar refractivity (Wildman–Crippen MR) is 45.3 cm³/mol. The summed E-state index contributed by atoms with van der Waals surface area (Å²) in [5, 5.41) is 7.19. The monoisotopic (exact) mass is 156 g/mol. The molecule has 0 aromatic carbocycles. The maximum absolute atomic E-state index is 7.19. The minimum atomic E-state index is 0.199. The first-order valence-electron chi connectivity index (χ1n) is 4.03. The summed E-state index contributed by atoms with van der Waals surface area (Å²) in [4.78, 5) is 1.90. The van der Waals surface area contributed by atoms with Crippen LogP contribution in [0.25, 0.3) is 0 Å². The van der Waals surface area contributed by atoms with Crippen molar-refractivity contribution in [3.8, 4) is 0 Å². The molecule has 0 aromatic heterocycles. The highest BCUT2D eigenvalue weighted by Crippen LogP contribution is 2.17. The highest BCUT2D eigenvalue weighted by molar-refractivity contribution is 5.74. The first-order chi connectivity index (χ1) is 5.24. The van der Waals surface area contributed by atoms with E-state index >= 15 is 0 Å². The first kappa shape index (κ1) is 8.33. The number of guanidine groups is 1. The maximum atomic E-state index is 7.19. The molecule has 0 aliphatic carbocycles. The van der Waals surface area contributed by atoms with Crippen LogP contribution in [0.2, 0.25) is 0 Å². The van der Waals surface area contributed by atoms with E-state index in [9.17, 15) is 0 Å². The van der Waals surface area contributed by atoms with E-state index in [1.165, 1.54) is 0 Å². The van der Waals surface area contributed by atoms with Crippen molar-refractivity contribution in [3.63, 3.8) is 0 Å². The van der Waals surface area contributed by atoms with Crippen LogP contribution in [0.1, 0.15) is 12.8 Å². The fourth-order valence-corrected chi connectivity index (χ4v) is 1.52. The zero-order chi connectivity index (χ0) is 8.27. The number of nitrogens with zero attached hydrogens (tertiary/aromatic N) is 1. The summed E-state index contributed by atoms with van der Waals surface area (Å²) in [6.45, 7) is 2.60. The van der Waals surface area contributed by atoms with Gasteiger partial charge in [-0.05, 0) is 25.3 Å². The molecule has 0 spiro atoms. The average Bonchev–Trinajstić information content (AvgIpc) is 2.37. The Bertz CT molecular complexity index is 145. The fourth-order valence-electron chi connectivity index (χ4n) is 1.52. The zero-order valence-corrected chi connectivity index (χ0v) is 6.71. The number of nitrogens with two attached hydrogens (primary N) is 2. The van der Waals surface area contributed by atoms with Gasteiger partial charge in [-0.3, -0.25) is 5.41 Å². The van der Waals surface area contributed by atoms with Crippen molar-refractivity contribution in [2.24, 2.45) is 17.4 Å². The third-order valence-corrected chi connectivity index (χ3v) is 2.20. The molecule has 0 unspecified atom stereocenters. The number of rotatable bonds is 2. The summed E-state index contributed by atoms with van der Waals surface area (Å²) < 4.78 is 0. The van der Waals surface area contributed by atoms with Crippen molar-refractivity contribution in [2.75, 3.05) is 19.6 Å². The van der Waals surface area contributed by atoms with E-state index in [1.807, 2.05) is 4.90 Å². The second-order valence-electron chi connectivity index (χ2n) is 3.06. The molecular weight excluding hydrogens is 140 g/mol. The van der Waals surface area contributed by atoms with E-state index in [2.05, 4.69) is 0 Å². The fraction of sp³-hybridized carbons (Fsp3) is 0.857. The molecule has 11 heavy (non-hydrogen) atoms. The Hall–Kier alpha value is -0.770. The van der Waals surface area contributed by atoms with Crippen LogP contribution in [0.4, 0.5) is 0 Å². The molecule has 0 bridgehead atoms. The zero-order valence-electron chi connectivity index (χ0n) is 6.71. The third-order valence-electron chi connectivity index (χ3n) is 2.20. The summed E-state index contributed by atoms with van der Waals surface area (Å²) >= 11 is 0. The van der Waals surface area contributed by atoms with Crippen LogP contribution in [-0.2, 0) is 0 Å². The average molecular weight is 156 g/mol. The van der Waals surface area contributed by atoms with Crippen molar-refractivity contribution in [1.29, 1.82) is 5.41 Å².